The molecule has 3 aromatic rings. The van der Waals surface area contributed by atoms with Gasteiger partial charge in [0.15, 0.2) is 16.6 Å². The lowest BCUT2D eigenvalue weighted by molar-refractivity contribution is 0.0321. The summed E-state index contributed by atoms with van der Waals surface area (Å²) in [5, 5.41) is 8.01. The molecule has 0 spiro atoms. The third-order valence-electron chi connectivity index (χ3n) is 5.38. The van der Waals surface area contributed by atoms with E-state index < -0.39 is 0 Å². The summed E-state index contributed by atoms with van der Waals surface area (Å²) in [7, 11) is 1.61. The first kappa shape index (κ1) is 23.4. The number of hydrogen-bond acceptors (Lipinski definition) is 7. The van der Waals surface area contributed by atoms with Crippen LogP contribution in [0.3, 0.4) is 0 Å². The van der Waals surface area contributed by atoms with E-state index in [0.29, 0.717) is 39.6 Å². The van der Waals surface area contributed by atoms with Crippen molar-refractivity contribution in [1.82, 2.24) is 14.9 Å². The van der Waals surface area contributed by atoms with Crippen molar-refractivity contribution in [2.24, 2.45) is 0 Å². The fourth-order valence-corrected chi connectivity index (χ4v) is 4.06. The van der Waals surface area contributed by atoms with Crippen LogP contribution >= 0.6 is 23.8 Å². The van der Waals surface area contributed by atoms with Crippen LogP contribution in [0.25, 0.3) is 10.9 Å². The van der Waals surface area contributed by atoms with E-state index in [1.807, 2.05) is 37.3 Å². The molecule has 1 aliphatic rings. The standard InChI is InChI=1S/C23H26ClN5O3S/c1-15-4-3-5-17(24)21(15)27-23(33)28-22-16-12-19(30-2)20(13-18(16)25-14-26-22)32-11-8-29-6-9-31-10-7-29/h3-5,12-14H,6-11H2,1-2H3,(H2,25,26,27,28,33). The largest absolute Gasteiger partial charge is 0.493 e. The minimum atomic E-state index is 0.371. The van der Waals surface area contributed by atoms with Crippen molar-refractivity contribution in [3.8, 4) is 11.5 Å². The maximum Gasteiger partial charge on any atom is 0.176 e. The highest BCUT2D eigenvalue weighted by atomic mass is 35.5. The minimum Gasteiger partial charge on any atom is -0.493 e. The molecule has 0 amide bonds. The van der Waals surface area contributed by atoms with Gasteiger partial charge in [0.1, 0.15) is 18.8 Å². The molecule has 1 fully saturated rings. The number of aromatic nitrogens is 2. The van der Waals surface area contributed by atoms with Crippen molar-refractivity contribution in [1.29, 1.82) is 0 Å². The van der Waals surface area contributed by atoms with Crippen LogP contribution in [0.5, 0.6) is 11.5 Å². The average molecular weight is 488 g/mol. The molecule has 1 saturated heterocycles. The average Bonchev–Trinajstić information content (AvgIpc) is 2.82. The van der Waals surface area contributed by atoms with E-state index >= 15 is 0 Å². The quantitative estimate of drug-likeness (QED) is 0.478. The number of methoxy groups -OCH3 is 1. The summed E-state index contributed by atoms with van der Waals surface area (Å²) in [6, 6.07) is 9.37. The summed E-state index contributed by atoms with van der Waals surface area (Å²) in [6.07, 6.45) is 1.48. The Hall–Kier alpha value is -2.72. The van der Waals surface area contributed by atoms with Crippen LogP contribution in [0.15, 0.2) is 36.7 Å². The van der Waals surface area contributed by atoms with Gasteiger partial charge in [-0.1, -0.05) is 23.7 Å². The smallest absolute Gasteiger partial charge is 0.176 e. The summed E-state index contributed by atoms with van der Waals surface area (Å²) >= 11 is 11.8. The number of halogens is 1. The molecule has 0 atom stereocenters. The van der Waals surface area contributed by atoms with Gasteiger partial charge in [-0.25, -0.2) is 9.97 Å². The van der Waals surface area contributed by atoms with E-state index in [0.717, 1.165) is 49.5 Å². The van der Waals surface area contributed by atoms with E-state index in [1.165, 1.54) is 6.33 Å². The van der Waals surface area contributed by atoms with Gasteiger partial charge in [-0.05, 0) is 36.8 Å². The van der Waals surface area contributed by atoms with Crippen LogP contribution < -0.4 is 20.1 Å². The van der Waals surface area contributed by atoms with Gasteiger partial charge in [-0.15, -0.1) is 0 Å². The highest BCUT2D eigenvalue weighted by Gasteiger charge is 2.15. The number of thiocarbonyl (C=S) groups is 1. The second-order valence-electron chi connectivity index (χ2n) is 7.56. The van der Waals surface area contributed by atoms with Gasteiger partial charge >= 0.3 is 0 Å². The van der Waals surface area contributed by atoms with Gasteiger partial charge in [0.05, 0.1) is 36.6 Å². The van der Waals surface area contributed by atoms with Crippen LogP contribution in [0.1, 0.15) is 5.56 Å². The first-order valence-electron chi connectivity index (χ1n) is 10.6. The van der Waals surface area contributed by atoms with Crippen LogP contribution in [-0.4, -0.2) is 66.5 Å². The van der Waals surface area contributed by atoms with Crippen LogP contribution in [-0.2, 0) is 4.74 Å². The highest BCUT2D eigenvalue weighted by molar-refractivity contribution is 7.80. The summed E-state index contributed by atoms with van der Waals surface area (Å²) in [5.41, 5.74) is 2.45. The Bertz CT molecular complexity index is 1120. The lowest BCUT2D eigenvalue weighted by Gasteiger charge is -2.26. The van der Waals surface area contributed by atoms with Crippen LogP contribution in [0.2, 0.25) is 5.02 Å². The SMILES string of the molecule is COc1cc2c(NC(=S)Nc3c(C)cccc3Cl)ncnc2cc1OCCN1CCOCC1. The Morgan fingerprint density at radius 1 is 1.18 bits per heavy atom. The fourth-order valence-electron chi connectivity index (χ4n) is 3.59. The molecule has 0 bridgehead atoms. The molecule has 1 aromatic heterocycles. The number of rotatable bonds is 7. The van der Waals surface area contributed by atoms with Crippen molar-refractivity contribution in [2.45, 2.75) is 6.92 Å². The zero-order chi connectivity index (χ0) is 23.2. The number of morpholine rings is 1. The Balaban J connectivity index is 1.49. The van der Waals surface area contributed by atoms with Crippen molar-refractivity contribution < 1.29 is 14.2 Å². The maximum atomic E-state index is 6.30. The van der Waals surface area contributed by atoms with E-state index in [1.54, 1.807) is 7.11 Å². The Morgan fingerprint density at radius 2 is 2.00 bits per heavy atom. The van der Waals surface area contributed by atoms with Gasteiger partial charge in [-0.2, -0.15) is 0 Å². The summed E-state index contributed by atoms with van der Waals surface area (Å²) in [4.78, 5) is 11.1. The molecule has 2 aromatic carbocycles. The van der Waals surface area contributed by atoms with Crippen molar-refractivity contribution >= 4 is 51.3 Å². The van der Waals surface area contributed by atoms with Crippen molar-refractivity contribution in [2.75, 3.05) is 57.2 Å². The first-order valence-corrected chi connectivity index (χ1v) is 11.4. The number of ether oxygens (including phenoxy) is 3. The number of hydrogen-bond donors (Lipinski definition) is 2. The second-order valence-corrected chi connectivity index (χ2v) is 8.37. The molecule has 0 aliphatic carbocycles. The predicted molar refractivity (Wildman–Crippen MR) is 135 cm³/mol. The molecular weight excluding hydrogens is 462 g/mol. The van der Waals surface area contributed by atoms with Crippen LogP contribution in [0.4, 0.5) is 11.5 Å². The third-order valence-corrected chi connectivity index (χ3v) is 5.90. The summed E-state index contributed by atoms with van der Waals surface area (Å²) in [5.74, 6) is 1.79. The molecule has 33 heavy (non-hydrogen) atoms. The molecule has 174 valence electrons. The second kappa shape index (κ2) is 10.9. The van der Waals surface area contributed by atoms with E-state index in [4.69, 9.17) is 38.0 Å². The Labute approximate surface area is 203 Å². The van der Waals surface area contributed by atoms with Gasteiger partial charge in [0, 0.05) is 31.1 Å². The molecule has 4 rings (SSSR count). The Kier molecular flexibility index (Phi) is 7.77. The van der Waals surface area contributed by atoms with Gasteiger partial charge in [0.25, 0.3) is 0 Å². The summed E-state index contributed by atoms with van der Waals surface area (Å²) in [6.45, 7) is 6.69. The molecule has 1 aliphatic heterocycles. The zero-order valence-corrected chi connectivity index (χ0v) is 20.1. The number of para-hydroxylation sites is 1. The fraction of sp³-hybridized carbons (Fsp3) is 0.348. The molecular formula is C23H26ClN5O3S. The highest BCUT2D eigenvalue weighted by Crippen LogP contribution is 2.34. The van der Waals surface area contributed by atoms with Crippen molar-refractivity contribution in [3.05, 3.63) is 47.2 Å². The topological polar surface area (TPSA) is 80.8 Å². The van der Waals surface area contributed by atoms with E-state index in [9.17, 15) is 0 Å². The lowest BCUT2D eigenvalue weighted by atomic mass is 10.2. The zero-order valence-electron chi connectivity index (χ0n) is 18.6. The number of benzene rings is 2. The number of nitrogens with one attached hydrogen (secondary N) is 2. The molecule has 0 saturated carbocycles. The first-order chi connectivity index (χ1) is 16.0. The number of fused-ring (bicyclic) bond motifs is 1. The molecule has 0 radical (unpaired) electrons. The lowest BCUT2D eigenvalue weighted by Crippen LogP contribution is -2.38. The van der Waals surface area contributed by atoms with Crippen LogP contribution in [0, 0.1) is 6.92 Å². The van der Waals surface area contributed by atoms with Gasteiger partial charge in [0.2, 0.25) is 0 Å². The Morgan fingerprint density at radius 3 is 2.76 bits per heavy atom. The normalized spacial score (nSPS) is 14.2. The number of nitrogens with zero attached hydrogens (tertiary/aromatic N) is 3. The number of anilines is 2. The van der Waals surface area contributed by atoms with Gasteiger partial charge in [-0.3, -0.25) is 4.90 Å². The molecule has 2 N–H and O–H groups in total. The van der Waals surface area contributed by atoms with E-state index in [-0.39, 0.29) is 0 Å². The molecule has 0 unspecified atom stereocenters. The molecule has 2 heterocycles. The maximum absolute atomic E-state index is 6.30. The van der Waals surface area contributed by atoms with E-state index in [2.05, 4.69) is 25.5 Å². The minimum absolute atomic E-state index is 0.371. The predicted octanol–water partition coefficient (Wildman–Crippen LogP) is 4.12. The monoisotopic (exact) mass is 487 g/mol. The molecule has 10 heteroatoms. The number of aryl methyl sites for hydroxylation is 1. The third kappa shape index (κ3) is 5.80. The molecule has 8 nitrogen and oxygen atoms in total. The van der Waals surface area contributed by atoms with Crippen molar-refractivity contribution in [3.63, 3.8) is 0 Å². The summed E-state index contributed by atoms with van der Waals surface area (Å²) < 4.78 is 17.0. The van der Waals surface area contributed by atoms with Gasteiger partial charge < -0.3 is 24.8 Å².